The predicted octanol–water partition coefficient (Wildman–Crippen LogP) is 0.701. The molecular formula is C17H21N3O5. The highest BCUT2D eigenvalue weighted by atomic mass is 16.5. The van der Waals surface area contributed by atoms with Crippen LogP contribution in [-0.4, -0.2) is 46.3 Å². The van der Waals surface area contributed by atoms with Gasteiger partial charge in [0.15, 0.2) is 0 Å². The van der Waals surface area contributed by atoms with Crippen molar-refractivity contribution >= 4 is 22.8 Å². The second kappa shape index (κ2) is 8.39. The average molecular weight is 347 g/mol. The van der Waals surface area contributed by atoms with Crippen molar-refractivity contribution in [2.75, 3.05) is 13.7 Å². The number of carbonyl (C=O) groups excluding carboxylic acids is 1. The van der Waals surface area contributed by atoms with Gasteiger partial charge in [-0.25, -0.2) is 9.78 Å². The van der Waals surface area contributed by atoms with E-state index >= 15 is 0 Å². The van der Waals surface area contributed by atoms with Gasteiger partial charge in [0, 0.05) is 33.1 Å². The van der Waals surface area contributed by atoms with Crippen LogP contribution in [0.15, 0.2) is 29.3 Å². The molecule has 1 atom stereocenters. The maximum absolute atomic E-state index is 12.4. The first kappa shape index (κ1) is 18.6. The van der Waals surface area contributed by atoms with Gasteiger partial charge in [-0.05, 0) is 18.6 Å². The van der Waals surface area contributed by atoms with E-state index in [1.165, 1.54) is 18.0 Å². The molecule has 0 aliphatic rings. The number of aromatic nitrogens is 2. The number of methoxy groups -OCH3 is 1. The highest BCUT2D eigenvalue weighted by Gasteiger charge is 2.19. The summed E-state index contributed by atoms with van der Waals surface area (Å²) in [5, 5.41) is 12.0. The lowest BCUT2D eigenvalue weighted by Gasteiger charge is -2.14. The van der Waals surface area contributed by atoms with Crippen LogP contribution in [0.4, 0.5) is 0 Å². The highest BCUT2D eigenvalue weighted by Crippen LogP contribution is 2.11. The van der Waals surface area contributed by atoms with Crippen LogP contribution >= 0.6 is 0 Å². The normalized spacial score (nSPS) is 12.1. The van der Waals surface area contributed by atoms with Crippen LogP contribution in [0, 0.1) is 6.92 Å². The fourth-order valence-corrected chi connectivity index (χ4v) is 2.48. The number of carboxylic acid groups (broad SMARTS) is 1. The number of nitrogens with one attached hydrogen (secondary N) is 1. The molecule has 25 heavy (non-hydrogen) atoms. The molecule has 2 rings (SSSR count). The molecule has 2 N–H and O–H groups in total. The Balaban J connectivity index is 2.04. The van der Waals surface area contributed by atoms with Crippen molar-refractivity contribution in [2.45, 2.75) is 32.4 Å². The van der Waals surface area contributed by atoms with Gasteiger partial charge >= 0.3 is 5.97 Å². The number of carboxylic acids is 1. The van der Waals surface area contributed by atoms with E-state index < -0.39 is 17.9 Å². The van der Waals surface area contributed by atoms with E-state index in [1.807, 2.05) is 13.0 Å². The molecule has 0 radical (unpaired) electrons. The van der Waals surface area contributed by atoms with Gasteiger partial charge in [-0.1, -0.05) is 12.1 Å². The third kappa shape index (κ3) is 4.63. The summed E-state index contributed by atoms with van der Waals surface area (Å²) in [5.41, 5.74) is 1.32. The molecule has 1 amide bonds. The largest absolute Gasteiger partial charge is 0.480 e. The van der Waals surface area contributed by atoms with Crippen molar-refractivity contribution in [1.82, 2.24) is 14.9 Å². The molecule has 1 heterocycles. The topological polar surface area (TPSA) is 111 Å². The van der Waals surface area contributed by atoms with Gasteiger partial charge in [-0.2, -0.15) is 0 Å². The van der Waals surface area contributed by atoms with Gasteiger partial charge in [0.1, 0.15) is 6.04 Å². The summed E-state index contributed by atoms with van der Waals surface area (Å²) in [7, 11) is 1.46. The minimum atomic E-state index is -1.12. The summed E-state index contributed by atoms with van der Waals surface area (Å²) in [6, 6.07) is 4.34. The molecule has 0 aliphatic heterocycles. The van der Waals surface area contributed by atoms with Gasteiger partial charge < -0.3 is 15.2 Å². The minimum absolute atomic E-state index is 0.0182. The second-order valence-corrected chi connectivity index (χ2v) is 5.70. The zero-order chi connectivity index (χ0) is 18.4. The van der Waals surface area contributed by atoms with E-state index in [-0.39, 0.29) is 31.6 Å². The molecule has 0 bridgehead atoms. The summed E-state index contributed by atoms with van der Waals surface area (Å²) < 4.78 is 6.18. The van der Waals surface area contributed by atoms with E-state index in [0.29, 0.717) is 10.9 Å². The molecule has 0 aliphatic carbocycles. The Bertz CT molecular complexity index is 831. The maximum atomic E-state index is 12.4. The number of benzene rings is 1. The van der Waals surface area contributed by atoms with E-state index in [0.717, 1.165) is 5.56 Å². The molecule has 134 valence electrons. The standard InChI is InChI=1S/C17H21N3O5/c1-11-4-3-5-12-15(11)18-10-20(16(12)22)8-6-14(21)19-13(17(23)24)7-9-25-2/h3-5,10,13H,6-9H2,1-2H3,(H,19,21)(H,23,24). The Morgan fingerprint density at radius 3 is 2.84 bits per heavy atom. The van der Waals surface area contributed by atoms with Crippen LogP contribution in [0.1, 0.15) is 18.4 Å². The maximum Gasteiger partial charge on any atom is 0.326 e. The van der Waals surface area contributed by atoms with E-state index in [1.54, 1.807) is 12.1 Å². The summed E-state index contributed by atoms with van der Waals surface area (Å²) in [5.74, 6) is -1.56. The Labute approximate surface area is 144 Å². The first-order valence-corrected chi connectivity index (χ1v) is 7.90. The number of fused-ring (bicyclic) bond motifs is 1. The summed E-state index contributed by atoms with van der Waals surface area (Å²) in [6.45, 7) is 2.22. The Kier molecular flexibility index (Phi) is 6.24. The van der Waals surface area contributed by atoms with Crippen molar-refractivity contribution < 1.29 is 19.4 Å². The van der Waals surface area contributed by atoms with Crippen molar-refractivity contribution in [3.63, 3.8) is 0 Å². The molecule has 2 aromatic rings. The number of aliphatic carboxylic acids is 1. The summed E-state index contributed by atoms with van der Waals surface area (Å²) in [6.07, 6.45) is 1.56. The Morgan fingerprint density at radius 2 is 2.16 bits per heavy atom. The molecule has 0 saturated carbocycles. The van der Waals surface area contributed by atoms with E-state index in [2.05, 4.69) is 10.3 Å². The van der Waals surface area contributed by atoms with Gasteiger partial charge in [0.2, 0.25) is 5.91 Å². The lowest BCUT2D eigenvalue weighted by atomic mass is 10.1. The SMILES string of the molecule is COCCC(NC(=O)CCn1cnc2c(C)cccc2c1=O)C(=O)O. The number of hydrogen-bond donors (Lipinski definition) is 2. The fraction of sp³-hybridized carbons (Fsp3) is 0.412. The smallest absolute Gasteiger partial charge is 0.326 e. The zero-order valence-corrected chi connectivity index (χ0v) is 14.2. The zero-order valence-electron chi connectivity index (χ0n) is 14.2. The molecule has 8 nitrogen and oxygen atoms in total. The molecular weight excluding hydrogens is 326 g/mol. The van der Waals surface area contributed by atoms with Crippen molar-refractivity contribution in [2.24, 2.45) is 0 Å². The van der Waals surface area contributed by atoms with Gasteiger partial charge in [-0.3, -0.25) is 14.2 Å². The molecule has 1 aromatic carbocycles. The predicted molar refractivity (Wildman–Crippen MR) is 91.4 cm³/mol. The van der Waals surface area contributed by atoms with Crippen LogP contribution in [0.2, 0.25) is 0 Å². The number of ether oxygens (including phenoxy) is 1. The molecule has 8 heteroatoms. The molecule has 1 unspecified atom stereocenters. The molecule has 0 spiro atoms. The first-order valence-electron chi connectivity index (χ1n) is 7.90. The van der Waals surface area contributed by atoms with Crippen LogP contribution in [-0.2, 0) is 20.9 Å². The summed E-state index contributed by atoms with van der Waals surface area (Å²) >= 11 is 0. The van der Waals surface area contributed by atoms with Crippen molar-refractivity contribution in [3.05, 3.63) is 40.4 Å². The Morgan fingerprint density at radius 1 is 1.40 bits per heavy atom. The number of aryl methyl sites for hydroxylation is 2. The first-order chi connectivity index (χ1) is 11.9. The van der Waals surface area contributed by atoms with Crippen molar-refractivity contribution in [1.29, 1.82) is 0 Å². The number of nitrogens with zero attached hydrogens (tertiary/aromatic N) is 2. The minimum Gasteiger partial charge on any atom is -0.480 e. The van der Waals surface area contributed by atoms with Gasteiger partial charge in [0.25, 0.3) is 5.56 Å². The van der Waals surface area contributed by atoms with Crippen LogP contribution in [0.25, 0.3) is 10.9 Å². The molecule has 1 aromatic heterocycles. The monoisotopic (exact) mass is 347 g/mol. The third-order valence-electron chi connectivity index (χ3n) is 3.88. The highest BCUT2D eigenvalue weighted by molar-refractivity contribution is 5.83. The van der Waals surface area contributed by atoms with Gasteiger partial charge in [0.05, 0.1) is 17.2 Å². The Hall–Kier alpha value is -2.74. The van der Waals surface area contributed by atoms with E-state index in [4.69, 9.17) is 9.84 Å². The van der Waals surface area contributed by atoms with Crippen molar-refractivity contribution in [3.8, 4) is 0 Å². The lowest BCUT2D eigenvalue weighted by Crippen LogP contribution is -2.42. The number of rotatable bonds is 8. The molecule has 0 saturated heterocycles. The van der Waals surface area contributed by atoms with E-state index in [9.17, 15) is 14.4 Å². The quantitative estimate of drug-likeness (QED) is 0.727. The third-order valence-corrected chi connectivity index (χ3v) is 3.88. The summed E-state index contributed by atoms with van der Waals surface area (Å²) in [4.78, 5) is 39.8. The second-order valence-electron chi connectivity index (χ2n) is 5.70. The fourth-order valence-electron chi connectivity index (χ4n) is 2.48. The lowest BCUT2D eigenvalue weighted by molar-refractivity contribution is -0.142. The number of para-hydroxylation sites is 1. The van der Waals surface area contributed by atoms with Gasteiger partial charge in [-0.15, -0.1) is 0 Å². The number of carbonyl (C=O) groups is 2. The van der Waals surface area contributed by atoms with Crippen LogP contribution in [0.3, 0.4) is 0 Å². The van der Waals surface area contributed by atoms with Crippen LogP contribution in [0.5, 0.6) is 0 Å². The average Bonchev–Trinajstić information content (AvgIpc) is 2.58. The van der Waals surface area contributed by atoms with Crippen LogP contribution < -0.4 is 10.9 Å². The number of hydrogen-bond acceptors (Lipinski definition) is 5. The number of amides is 1. The molecule has 0 fully saturated rings.